The fourth-order valence-electron chi connectivity index (χ4n) is 1.72. The third-order valence-corrected chi connectivity index (χ3v) is 2.72. The highest BCUT2D eigenvalue weighted by Gasteiger charge is 2.13. The van der Waals surface area contributed by atoms with Crippen molar-refractivity contribution in [2.24, 2.45) is 0 Å². The average Bonchev–Trinajstić information content (AvgIpc) is 2.69. The number of benzene rings is 1. The fourth-order valence-corrected chi connectivity index (χ4v) is 1.72. The first-order valence-corrected chi connectivity index (χ1v) is 5.59. The molecular weight excluding hydrogens is 230 g/mol. The number of nitrogens with zero attached hydrogens (tertiary/aromatic N) is 1. The van der Waals surface area contributed by atoms with E-state index >= 15 is 0 Å². The Labute approximate surface area is 105 Å². The molecule has 5 nitrogen and oxygen atoms in total. The lowest BCUT2D eigenvalue weighted by molar-refractivity contribution is 0.102. The van der Waals surface area contributed by atoms with Gasteiger partial charge in [0.1, 0.15) is 0 Å². The van der Waals surface area contributed by atoms with Gasteiger partial charge in [-0.15, -0.1) is 0 Å². The number of hydrogen-bond donors (Lipinski definition) is 2. The predicted octanol–water partition coefficient (Wildman–Crippen LogP) is 2.43. The Morgan fingerprint density at radius 3 is 2.56 bits per heavy atom. The zero-order chi connectivity index (χ0) is 13.3. The standard InChI is InChI=1S/C13H15N3O2/c1-7-4-8(2)11(14)6-10(7)13(17)15-12-5-9(3)16-18-12/h4-6H,14H2,1-3H3,(H,15,17). The highest BCUT2D eigenvalue weighted by Crippen LogP contribution is 2.19. The molecule has 0 aliphatic carbocycles. The topological polar surface area (TPSA) is 81.2 Å². The Kier molecular flexibility index (Phi) is 3.06. The van der Waals surface area contributed by atoms with Crippen molar-refractivity contribution in [3.05, 3.63) is 40.6 Å². The van der Waals surface area contributed by atoms with Crippen LogP contribution in [0.15, 0.2) is 22.7 Å². The summed E-state index contributed by atoms with van der Waals surface area (Å²) >= 11 is 0. The molecule has 1 aromatic heterocycles. The minimum absolute atomic E-state index is 0.254. The van der Waals surface area contributed by atoms with Gasteiger partial charge in [-0.1, -0.05) is 11.2 Å². The van der Waals surface area contributed by atoms with Crippen molar-refractivity contribution in [2.45, 2.75) is 20.8 Å². The molecule has 2 aromatic rings. The first kappa shape index (κ1) is 12.2. The van der Waals surface area contributed by atoms with Gasteiger partial charge in [0.25, 0.3) is 5.91 Å². The summed E-state index contributed by atoms with van der Waals surface area (Å²) in [6, 6.07) is 5.21. The lowest BCUT2D eigenvalue weighted by Crippen LogP contribution is -2.13. The van der Waals surface area contributed by atoms with E-state index in [0.717, 1.165) is 11.1 Å². The molecule has 3 N–H and O–H groups in total. The third-order valence-electron chi connectivity index (χ3n) is 2.72. The molecule has 0 bridgehead atoms. The molecule has 0 spiro atoms. The van der Waals surface area contributed by atoms with Crippen LogP contribution in [0, 0.1) is 20.8 Å². The number of carbonyl (C=O) groups excluding carboxylic acids is 1. The van der Waals surface area contributed by atoms with Crippen molar-refractivity contribution >= 4 is 17.5 Å². The Morgan fingerprint density at radius 2 is 1.94 bits per heavy atom. The first-order chi connectivity index (χ1) is 8.47. The van der Waals surface area contributed by atoms with Gasteiger partial charge >= 0.3 is 0 Å². The van der Waals surface area contributed by atoms with Crippen molar-refractivity contribution in [3.63, 3.8) is 0 Å². The zero-order valence-corrected chi connectivity index (χ0v) is 10.6. The lowest BCUT2D eigenvalue weighted by atomic mass is 10.0. The van der Waals surface area contributed by atoms with E-state index in [9.17, 15) is 4.79 Å². The number of aryl methyl sites for hydroxylation is 3. The van der Waals surface area contributed by atoms with Gasteiger partial charge in [0.05, 0.1) is 5.69 Å². The van der Waals surface area contributed by atoms with E-state index < -0.39 is 0 Å². The molecule has 0 radical (unpaired) electrons. The van der Waals surface area contributed by atoms with Crippen molar-refractivity contribution < 1.29 is 9.32 Å². The van der Waals surface area contributed by atoms with Gasteiger partial charge in [-0.05, 0) is 38.0 Å². The molecule has 1 heterocycles. The number of nitrogens with one attached hydrogen (secondary N) is 1. The summed E-state index contributed by atoms with van der Waals surface area (Å²) in [5.74, 6) is 0.0754. The fraction of sp³-hybridized carbons (Fsp3) is 0.231. The molecule has 1 amide bonds. The summed E-state index contributed by atoms with van der Waals surface area (Å²) in [5.41, 5.74) is 9.48. The molecule has 0 saturated heterocycles. The summed E-state index contributed by atoms with van der Waals surface area (Å²) in [6.07, 6.45) is 0. The molecule has 1 aromatic carbocycles. The number of nitrogens with two attached hydrogens (primary N) is 1. The van der Waals surface area contributed by atoms with Gasteiger partial charge in [0, 0.05) is 17.3 Å². The summed E-state index contributed by atoms with van der Waals surface area (Å²) < 4.78 is 4.94. The van der Waals surface area contributed by atoms with E-state index in [1.807, 2.05) is 19.9 Å². The summed E-state index contributed by atoms with van der Waals surface area (Å²) in [7, 11) is 0. The van der Waals surface area contributed by atoms with Crippen LogP contribution < -0.4 is 11.1 Å². The number of nitrogen functional groups attached to an aromatic ring is 1. The maximum Gasteiger partial charge on any atom is 0.258 e. The molecule has 5 heteroatoms. The van der Waals surface area contributed by atoms with E-state index in [2.05, 4.69) is 10.5 Å². The van der Waals surface area contributed by atoms with Gasteiger partial charge in [-0.3, -0.25) is 10.1 Å². The second-order valence-corrected chi connectivity index (χ2v) is 4.31. The second kappa shape index (κ2) is 4.52. The van der Waals surface area contributed by atoms with Crippen LogP contribution in [-0.4, -0.2) is 11.1 Å². The maximum absolute atomic E-state index is 12.1. The predicted molar refractivity (Wildman–Crippen MR) is 69.5 cm³/mol. The van der Waals surface area contributed by atoms with E-state index in [4.69, 9.17) is 10.3 Å². The van der Waals surface area contributed by atoms with Gasteiger partial charge in [-0.2, -0.15) is 0 Å². The molecule has 2 rings (SSSR count). The first-order valence-electron chi connectivity index (χ1n) is 5.59. The van der Waals surface area contributed by atoms with E-state index in [1.54, 1.807) is 19.1 Å². The van der Waals surface area contributed by atoms with E-state index in [-0.39, 0.29) is 5.91 Å². The Hall–Kier alpha value is -2.30. The quantitative estimate of drug-likeness (QED) is 0.796. The number of carbonyl (C=O) groups is 1. The Bertz CT molecular complexity index is 602. The number of anilines is 2. The molecule has 0 fully saturated rings. The monoisotopic (exact) mass is 245 g/mol. The minimum Gasteiger partial charge on any atom is -0.398 e. The number of rotatable bonds is 2. The van der Waals surface area contributed by atoms with Gasteiger partial charge in [0.15, 0.2) is 0 Å². The van der Waals surface area contributed by atoms with Gasteiger partial charge in [0.2, 0.25) is 5.88 Å². The van der Waals surface area contributed by atoms with E-state index in [1.165, 1.54) is 0 Å². The Morgan fingerprint density at radius 1 is 1.22 bits per heavy atom. The van der Waals surface area contributed by atoms with Gasteiger partial charge < -0.3 is 10.3 Å². The number of amides is 1. The minimum atomic E-state index is -0.254. The van der Waals surface area contributed by atoms with E-state index in [0.29, 0.717) is 22.8 Å². The Balaban J connectivity index is 2.26. The van der Waals surface area contributed by atoms with Crippen LogP contribution in [-0.2, 0) is 0 Å². The molecular formula is C13H15N3O2. The highest BCUT2D eigenvalue weighted by atomic mass is 16.5. The molecule has 0 aliphatic heterocycles. The van der Waals surface area contributed by atoms with Crippen LogP contribution in [0.1, 0.15) is 27.2 Å². The second-order valence-electron chi connectivity index (χ2n) is 4.31. The maximum atomic E-state index is 12.1. The van der Waals surface area contributed by atoms with Crippen LogP contribution in [0.5, 0.6) is 0 Å². The molecule has 18 heavy (non-hydrogen) atoms. The summed E-state index contributed by atoms with van der Waals surface area (Å²) in [4.78, 5) is 12.1. The van der Waals surface area contributed by atoms with Crippen molar-refractivity contribution in [2.75, 3.05) is 11.1 Å². The summed E-state index contributed by atoms with van der Waals surface area (Å²) in [5, 5.41) is 6.35. The van der Waals surface area contributed by atoms with Gasteiger partial charge in [-0.25, -0.2) is 0 Å². The molecule has 0 saturated carbocycles. The SMILES string of the molecule is Cc1cc(NC(=O)c2cc(N)c(C)cc2C)on1. The smallest absolute Gasteiger partial charge is 0.258 e. The molecule has 0 unspecified atom stereocenters. The largest absolute Gasteiger partial charge is 0.398 e. The molecule has 0 aliphatic rings. The van der Waals surface area contributed by atoms with Crippen LogP contribution in [0.2, 0.25) is 0 Å². The molecule has 94 valence electrons. The summed E-state index contributed by atoms with van der Waals surface area (Å²) in [6.45, 7) is 5.56. The van der Waals surface area contributed by atoms with Crippen LogP contribution in [0.4, 0.5) is 11.6 Å². The normalized spacial score (nSPS) is 10.4. The highest BCUT2D eigenvalue weighted by molar-refractivity contribution is 6.05. The average molecular weight is 245 g/mol. The van der Waals surface area contributed by atoms with Crippen LogP contribution in [0.25, 0.3) is 0 Å². The van der Waals surface area contributed by atoms with Crippen molar-refractivity contribution in [3.8, 4) is 0 Å². The van der Waals surface area contributed by atoms with Crippen LogP contribution >= 0.6 is 0 Å². The van der Waals surface area contributed by atoms with Crippen molar-refractivity contribution in [1.29, 1.82) is 0 Å². The third kappa shape index (κ3) is 2.34. The van der Waals surface area contributed by atoms with Crippen LogP contribution in [0.3, 0.4) is 0 Å². The zero-order valence-electron chi connectivity index (χ0n) is 10.6. The number of hydrogen-bond acceptors (Lipinski definition) is 4. The molecule has 0 atom stereocenters. The number of aromatic nitrogens is 1. The lowest BCUT2D eigenvalue weighted by Gasteiger charge is -2.08. The van der Waals surface area contributed by atoms with Crippen molar-refractivity contribution in [1.82, 2.24) is 5.16 Å².